The summed E-state index contributed by atoms with van der Waals surface area (Å²) in [4.78, 5) is 13.9. The van der Waals surface area contributed by atoms with Crippen molar-refractivity contribution in [2.45, 2.75) is 26.7 Å². The summed E-state index contributed by atoms with van der Waals surface area (Å²) in [5.74, 6) is -0.749. The number of fused-ring (bicyclic) bond motifs is 1. The van der Waals surface area contributed by atoms with E-state index in [9.17, 15) is 4.79 Å². The first kappa shape index (κ1) is 10.7. The van der Waals surface area contributed by atoms with Crippen LogP contribution in [0.15, 0.2) is 18.2 Å². The highest BCUT2D eigenvalue weighted by Crippen LogP contribution is 2.24. The lowest BCUT2D eigenvalue weighted by Crippen LogP contribution is -1.98. The van der Waals surface area contributed by atoms with Crippen molar-refractivity contribution in [3.05, 3.63) is 35.0 Å². The highest BCUT2D eigenvalue weighted by atomic mass is 16.4. The number of aliphatic carboxylic acids is 1. The maximum absolute atomic E-state index is 10.6. The highest BCUT2D eigenvalue weighted by molar-refractivity contribution is 5.85. The van der Waals surface area contributed by atoms with Crippen molar-refractivity contribution in [1.82, 2.24) is 4.98 Å². The lowest BCUT2D eigenvalue weighted by Gasteiger charge is -1.99. The van der Waals surface area contributed by atoms with Gasteiger partial charge in [0.1, 0.15) is 0 Å². The van der Waals surface area contributed by atoms with Gasteiger partial charge in [-0.25, -0.2) is 0 Å². The summed E-state index contributed by atoms with van der Waals surface area (Å²) >= 11 is 0. The molecular formula is C13H15NO2. The largest absolute Gasteiger partial charge is 0.481 e. The topological polar surface area (TPSA) is 53.1 Å². The fourth-order valence-electron chi connectivity index (χ4n) is 2.05. The number of hydrogen-bond acceptors (Lipinski definition) is 1. The number of hydrogen-bond donors (Lipinski definition) is 2. The van der Waals surface area contributed by atoms with Crippen molar-refractivity contribution in [1.29, 1.82) is 0 Å². The van der Waals surface area contributed by atoms with Gasteiger partial charge in [0.25, 0.3) is 0 Å². The second-order valence-corrected chi connectivity index (χ2v) is 4.17. The van der Waals surface area contributed by atoms with Gasteiger partial charge in [0.2, 0.25) is 0 Å². The van der Waals surface area contributed by atoms with Gasteiger partial charge in [-0.2, -0.15) is 0 Å². The molecule has 2 N–H and O–H groups in total. The quantitative estimate of drug-likeness (QED) is 0.830. The molecular weight excluding hydrogens is 202 g/mol. The number of carboxylic acids is 1. The Balaban J connectivity index is 2.45. The van der Waals surface area contributed by atoms with Gasteiger partial charge in [-0.1, -0.05) is 11.6 Å². The lowest BCUT2D eigenvalue weighted by atomic mass is 10.0. The normalized spacial score (nSPS) is 10.9. The molecule has 0 aliphatic heterocycles. The van der Waals surface area contributed by atoms with Gasteiger partial charge in [0.05, 0.1) is 0 Å². The standard InChI is InChI=1S/C13H15NO2/c1-8-3-5-12-11(7-8)10(9(2)14-12)4-6-13(15)16/h3,5,7,14H,4,6H2,1-2H3,(H,15,16). The Morgan fingerprint density at radius 3 is 2.81 bits per heavy atom. The number of aromatic nitrogens is 1. The van der Waals surface area contributed by atoms with Gasteiger partial charge in [-0.3, -0.25) is 4.79 Å². The zero-order valence-electron chi connectivity index (χ0n) is 9.50. The van der Waals surface area contributed by atoms with Crippen LogP contribution in [0.5, 0.6) is 0 Å². The Morgan fingerprint density at radius 1 is 1.38 bits per heavy atom. The smallest absolute Gasteiger partial charge is 0.303 e. The zero-order chi connectivity index (χ0) is 11.7. The molecule has 0 radical (unpaired) electrons. The summed E-state index contributed by atoms with van der Waals surface area (Å²) in [6, 6.07) is 6.21. The third-order valence-corrected chi connectivity index (χ3v) is 2.86. The molecule has 0 atom stereocenters. The molecule has 0 saturated carbocycles. The molecule has 2 aromatic rings. The summed E-state index contributed by atoms with van der Waals surface area (Å²) in [6.45, 7) is 4.04. The van der Waals surface area contributed by atoms with Crippen molar-refractivity contribution in [3.8, 4) is 0 Å². The van der Waals surface area contributed by atoms with Crippen LogP contribution in [0.25, 0.3) is 10.9 Å². The highest BCUT2D eigenvalue weighted by Gasteiger charge is 2.09. The monoisotopic (exact) mass is 217 g/mol. The zero-order valence-corrected chi connectivity index (χ0v) is 9.50. The van der Waals surface area contributed by atoms with Crippen LogP contribution in [0.3, 0.4) is 0 Å². The predicted molar refractivity (Wildman–Crippen MR) is 63.7 cm³/mol. The molecule has 0 aliphatic carbocycles. The molecule has 2 rings (SSSR count). The van der Waals surface area contributed by atoms with Crippen molar-refractivity contribution in [2.75, 3.05) is 0 Å². The third kappa shape index (κ3) is 1.94. The summed E-state index contributed by atoms with van der Waals surface area (Å²) in [5, 5.41) is 9.87. The number of H-pyrrole nitrogens is 1. The van der Waals surface area contributed by atoms with Crippen LogP contribution in [0.2, 0.25) is 0 Å². The Morgan fingerprint density at radius 2 is 2.12 bits per heavy atom. The second-order valence-electron chi connectivity index (χ2n) is 4.17. The van der Waals surface area contributed by atoms with Gasteiger partial charge in [0.15, 0.2) is 0 Å². The van der Waals surface area contributed by atoms with Crippen LogP contribution < -0.4 is 0 Å². The van der Waals surface area contributed by atoms with Crippen LogP contribution in [0, 0.1) is 13.8 Å². The third-order valence-electron chi connectivity index (χ3n) is 2.86. The van der Waals surface area contributed by atoms with Gasteiger partial charge in [-0.15, -0.1) is 0 Å². The molecule has 0 unspecified atom stereocenters. The number of rotatable bonds is 3. The minimum absolute atomic E-state index is 0.182. The SMILES string of the molecule is Cc1ccc2[nH]c(C)c(CCC(=O)O)c2c1. The van der Waals surface area contributed by atoms with E-state index in [4.69, 9.17) is 5.11 Å². The fraction of sp³-hybridized carbons (Fsp3) is 0.308. The van der Waals surface area contributed by atoms with Gasteiger partial charge < -0.3 is 10.1 Å². The predicted octanol–water partition coefficient (Wildman–Crippen LogP) is 2.80. The van der Waals surface area contributed by atoms with Crippen LogP contribution in [0.1, 0.15) is 23.2 Å². The van der Waals surface area contributed by atoms with Crippen molar-refractivity contribution < 1.29 is 9.90 Å². The fourth-order valence-corrected chi connectivity index (χ4v) is 2.05. The Labute approximate surface area is 94.1 Å². The number of aromatic amines is 1. The van der Waals surface area contributed by atoms with Crippen molar-refractivity contribution >= 4 is 16.9 Å². The number of benzene rings is 1. The molecule has 0 spiro atoms. The van der Waals surface area contributed by atoms with E-state index in [1.54, 1.807) is 0 Å². The van der Waals surface area contributed by atoms with E-state index in [2.05, 4.69) is 17.1 Å². The minimum Gasteiger partial charge on any atom is -0.481 e. The van der Waals surface area contributed by atoms with E-state index < -0.39 is 5.97 Å². The van der Waals surface area contributed by atoms with Crippen molar-refractivity contribution in [2.24, 2.45) is 0 Å². The van der Waals surface area contributed by atoms with Crippen LogP contribution in [-0.2, 0) is 11.2 Å². The van der Waals surface area contributed by atoms with Gasteiger partial charge >= 0.3 is 5.97 Å². The Kier molecular flexibility index (Phi) is 2.69. The maximum Gasteiger partial charge on any atom is 0.303 e. The van der Waals surface area contributed by atoms with E-state index in [1.807, 2.05) is 19.9 Å². The van der Waals surface area contributed by atoms with Crippen LogP contribution in [-0.4, -0.2) is 16.1 Å². The summed E-state index contributed by atoms with van der Waals surface area (Å²) in [5.41, 5.74) is 4.48. The number of carboxylic acid groups (broad SMARTS) is 1. The molecule has 0 fully saturated rings. The molecule has 1 aromatic carbocycles. The first-order valence-corrected chi connectivity index (χ1v) is 5.37. The van der Waals surface area contributed by atoms with Crippen LogP contribution in [0.4, 0.5) is 0 Å². The van der Waals surface area contributed by atoms with Gasteiger partial charge in [-0.05, 0) is 38.0 Å². The molecule has 3 nitrogen and oxygen atoms in total. The van der Waals surface area contributed by atoms with E-state index >= 15 is 0 Å². The molecule has 0 bridgehead atoms. The number of carbonyl (C=O) groups is 1. The maximum atomic E-state index is 10.6. The molecule has 1 aromatic heterocycles. The second kappa shape index (κ2) is 4.00. The molecule has 1 heterocycles. The number of aryl methyl sites for hydroxylation is 3. The molecule has 84 valence electrons. The average Bonchev–Trinajstić information content (AvgIpc) is 2.51. The Hall–Kier alpha value is -1.77. The molecule has 0 saturated heterocycles. The molecule has 16 heavy (non-hydrogen) atoms. The van der Waals surface area contributed by atoms with E-state index in [0.29, 0.717) is 6.42 Å². The minimum atomic E-state index is -0.749. The number of nitrogens with one attached hydrogen (secondary N) is 1. The molecule has 0 amide bonds. The molecule has 0 aliphatic rings. The summed E-state index contributed by atoms with van der Waals surface area (Å²) in [6.07, 6.45) is 0.770. The summed E-state index contributed by atoms with van der Waals surface area (Å²) < 4.78 is 0. The van der Waals surface area contributed by atoms with Crippen molar-refractivity contribution in [3.63, 3.8) is 0 Å². The Bertz CT molecular complexity index is 540. The lowest BCUT2D eigenvalue weighted by molar-refractivity contribution is -0.136. The van der Waals surface area contributed by atoms with E-state index in [0.717, 1.165) is 22.2 Å². The summed E-state index contributed by atoms with van der Waals surface area (Å²) in [7, 11) is 0. The van der Waals surface area contributed by atoms with Crippen LogP contribution >= 0.6 is 0 Å². The molecule has 3 heteroatoms. The first-order chi connectivity index (χ1) is 7.58. The first-order valence-electron chi connectivity index (χ1n) is 5.37. The average molecular weight is 217 g/mol. The van der Waals surface area contributed by atoms with Gasteiger partial charge in [0, 0.05) is 23.0 Å². The van der Waals surface area contributed by atoms with E-state index in [1.165, 1.54) is 5.56 Å². The van der Waals surface area contributed by atoms with E-state index in [-0.39, 0.29) is 6.42 Å².